The number of aryl methyl sites for hydroxylation is 1. The SMILES string of the molecule is CCC(Oc1ccc(-c2ccc(C(F)(F)F)cc2)c(C)c1)c1cc(Cl)c(C(=O)NCCC(=O)OC)s1. The second kappa shape index (κ2) is 11.8. The molecule has 2 aromatic carbocycles. The Bertz CT molecular complexity index is 1220. The molecule has 0 aliphatic heterocycles. The number of carbonyl (C=O) groups excluding carboxylic acids is 2. The molecule has 192 valence electrons. The Kier molecular flexibility index (Phi) is 9.03. The third kappa shape index (κ3) is 6.79. The molecule has 0 spiro atoms. The van der Waals surface area contributed by atoms with E-state index in [2.05, 4.69) is 10.1 Å². The van der Waals surface area contributed by atoms with Gasteiger partial charge >= 0.3 is 12.1 Å². The average Bonchev–Trinajstić information content (AvgIpc) is 3.23. The van der Waals surface area contributed by atoms with Crippen LogP contribution < -0.4 is 10.1 Å². The molecule has 0 aliphatic rings. The highest BCUT2D eigenvalue weighted by atomic mass is 35.5. The van der Waals surface area contributed by atoms with Crippen LogP contribution in [0, 0.1) is 6.92 Å². The maximum atomic E-state index is 12.9. The standard InChI is InChI=1S/C26H25ClF3NO4S/c1-4-21(22-14-20(27)24(36-22)25(33)31-12-11-23(32)34-3)35-18-9-10-19(15(2)13-18)16-5-7-17(8-6-16)26(28,29)30/h5-10,13-14,21H,4,11-12H2,1-3H3,(H,31,33). The molecule has 3 aromatic rings. The van der Waals surface area contributed by atoms with Crippen LogP contribution in [0.3, 0.4) is 0 Å². The van der Waals surface area contributed by atoms with Crippen LogP contribution in [-0.2, 0) is 15.7 Å². The Balaban J connectivity index is 1.72. The molecule has 5 nitrogen and oxygen atoms in total. The number of nitrogens with one attached hydrogen (secondary N) is 1. The molecule has 1 atom stereocenters. The van der Waals surface area contributed by atoms with E-state index in [1.54, 1.807) is 12.1 Å². The van der Waals surface area contributed by atoms with Gasteiger partial charge in [-0.3, -0.25) is 9.59 Å². The largest absolute Gasteiger partial charge is 0.485 e. The number of benzene rings is 2. The highest BCUT2D eigenvalue weighted by Gasteiger charge is 2.30. The van der Waals surface area contributed by atoms with Crippen molar-refractivity contribution in [2.75, 3.05) is 13.7 Å². The lowest BCUT2D eigenvalue weighted by Crippen LogP contribution is -2.25. The maximum absolute atomic E-state index is 12.9. The van der Waals surface area contributed by atoms with Gasteiger partial charge in [0, 0.05) is 11.4 Å². The molecule has 1 aromatic heterocycles. The van der Waals surface area contributed by atoms with Gasteiger partial charge in [0.2, 0.25) is 0 Å². The molecule has 10 heteroatoms. The van der Waals surface area contributed by atoms with E-state index < -0.39 is 17.7 Å². The van der Waals surface area contributed by atoms with Crippen molar-refractivity contribution in [1.29, 1.82) is 0 Å². The summed E-state index contributed by atoms with van der Waals surface area (Å²) in [4.78, 5) is 24.8. The lowest BCUT2D eigenvalue weighted by Gasteiger charge is -2.18. The number of methoxy groups -OCH3 is 1. The van der Waals surface area contributed by atoms with Crippen LogP contribution in [0.1, 0.15) is 51.5 Å². The number of halogens is 4. The molecular weight excluding hydrogens is 515 g/mol. The normalized spacial score (nSPS) is 12.2. The van der Waals surface area contributed by atoms with Crippen molar-refractivity contribution in [3.05, 3.63) is 74.4 Å². The van der Waals surface area contributed by atoms with Gasteiger partial charge in [0.25, 0.3) is 5.91 Å². The molecule has 0 bridgehead atoms. The van der Waals surface area contributed by atoms with E-state index >= 15 is 0 Å². The minimum absolute atomic E-state index is 0.0562. The van der Waals surface area contributed by atoms with E-state index in [9.17, 15) is 22.8 Å². The lowest BCUT2D eigenvalue weighted by molar-refractivity contribution is -0.140. The number of amides is 1. The predicted octanol–water partition coefficient (Wildman–Crippen LogP) is 7.22. The van der Waals surface area contributed by atoms with Crippen molar-refractivity contribution in [2.45, 2.75) is 39.0 Å². The van der Waals surface area contributed by atoms with E-state index in [1.807, 2.05) is 26.0 Å². The smallest absolute Gasteiger partial charge is 0.416 e. The van der Waals surface area contributed by atoms with Crippen LogP contribution in [-0.4, -0.2) is 25.5 Å². The number of ether oxygens (including phenoxy) is 2. The first-order valence-electron chi connectivity index (χ1n) is 11.1. The summed E-state index contributed by atoms with van der Waals surface area (Å²) >= 11 is 7.51. The first-order valence-corrected chi connectivity index (χ1v) is 12.3. The fourth-order valence-corrected chi connectivity index (χ4v) is 5.00. The molecule has 1 heterocycles. The van der Waals surface area contributed by atoms with Gasteiger partial charge in [-0.1, -0.05) is 36.7 Å². The number of alkyl halides is 3. The summed E-state index contributed by atoms with van der Waals surface area (Å²) in [6.45, 7) is 3.94. The van der Waals surface area contributed by atoms with Crippen molar-refractivity contribution >= 4 is 34.8 Å². The topological polar surface area (TPSA) is 64.6 Å². The summed E-state index contributed by atoms with van der Waals surface area (Å²) in [6, 6.07) is 12.1. The second-order valence-electron chi connectivity index (χ2n) is 7.97. The molecule has 0 radical (unpaired) electrons. The Hall–Kier alpha value is -3.04. The first-order chi connectivity index (χ1) is 17.0. The lowest BCUT2D eigenvalue weighted by atomic mass is 9.99. The molecule has 0 saturated carbocycles. The molecule has 1 amide bonds. The van der Waals surface area contributed by atoms with Crippen LogP contribution in [0.4, 0.5) is 13.2 Å². The summed E-state index contributed by atoms with van der Waals surface area (Å²) < 4.78 is 49.3. The Labute approximate surface area is 216 Å². The first kappa shape index (κ1) is 27.5. The fourth-order valence-electron chi connectivity index (χ4n) is 3.54. The van der Waals surface area contributed by atoms with Gasteiger partial charge in [0.05, 0.1) is 24.1 Å². The Morgan fingerprint density at radius 1 is 1.11 bits per heavy atom. The summed E-state index contributed by atoms with van der Waals surface area (Å²) in [5.41, 5.74) is 1.62. The highest BCUT2D eigenvalue weighted by Crippen LogP contribution is 2.37. The fraction of sp³-hybridized carbons (Fsp3) is 0.308. The average molecular weight is 540 g/mol. The summed E-state index contributed by atoms with van der Waals surface area (Å²) in [7, 11) is 1.28. The van der Waals surface area contributed by atoms with Crippen LogP contribution in [0.25, 0.3) is 11.1 Å². The van der Waals surface area contributed by atoms with E-state index in [1.165, 1.54) is 30.6 Å². The van der Waals surface area contributed by atoms with Gasteiger partial charge in [-0.2, -0.15) is 13.2 Å². The Morgan fingerprint density at radius 2 is 1.81 bits per heavy atom. The number of hydrogen-bond acceptors (Lipinski definition) is 5. The molecule has 3 rings (SSSR count). The molecule has 0 fully saturated rings. The summed E-state index contributed by atoms with van der Waals surface area (Å²) in [6.07, 6.45) is -4.07. The van der Waals surface area contributed by atoms with Gasteiger partial charge in [-0.25, -0.2) is 0 Å². The van der Waals surface area contributed by atoms with Crippen molar-refractivity contribution in [1.82, 2.24) is 5.32 Å². The predicted molar refractivity (Wildman–Crippen MR) is 134 cm³/mol. The molecule has 1 N–H and O–H groups in total. The maximum Gasteiger partial charge on any atom is 0.416 e. The number of thiophene rings is 1. The third-order valence-corrected chi connectivity index (χ3v) is 7.08. The van der Waals surface area contributed by atoms with E-state index in [0.717, 1.165) is 28.1 Å². The number of rotatable bonds is 9. The minimum atomic E-state index is -4.38. The Morgan fingerprint density at radius 3 is 2.39 bits per heavy atom. The van der Waals surface area contributed by atoms with Gasteiger partial charge in [0.15, 0.2) is 0 Å². The molecule has 0 aliphatic carbocycles. The number of carbonyl (C=O) groups is 2. The van der Waals surface area contributed by atoms with Gasteiger partial charge in [-0.15, -0.1) is 11.3 Å². The van der Waals surface area contributed by atoms with Crippen LogP contribution in [0.5, 0.6) is 5.75 Å². The third-order valence-electron chi connectivity index (χ3n) is 5.44. The zero-order valence-electron chi connectivity index (χ0n) is 19.9. The monoisotopic (exact) mass is 539 g/mol. The molecular formula is C26H25ClF3NO4S. The molecule has 1 unspecified atom stereocenters. The van der Waals surface area contributed by atoms with Crippen LogP contribution in [0.2, 0.25) is 5.02 Å². The quantitative estimate of drug-likeness (QED) is 0.292. The van der Waals surface area contributed by atoms with Crippen molar-refractivity contribution in [2.24, 2.45) is 0 Å². The van der Waals surface area contributed by atoms with Crippen LogP contribution in [0.15, 0.2) is 48.5 Å². The number of esters is 1. The van der Waals surface area contributed by atoms with Crippen molar-refractivity contribution < 1.29 is 32.2 Å². The van der Waals surface area contributed by atoms with Crippen molar-refractivity contribution in [3.8, 4) is 16.9 Å². The van der Waals surface area contributed by atoms with Gasteiger partial charge in [0.1, 0.15) is 16.7 Å². The number of hydrogen-bond donors (Lipinski definition) is 1. The van der Waals surface area contributed by atoms with Gasteiger partial charge < -0.3 is 14.8 Å². The van der Waals surface area contributed by atoms with E-state index in [4.69, 9.17) is 16.3 Å². The van der Waals surface area contributed by atoms with Crippen LogP contribution >= 0.6 is 22.9 Å². The zero-order valence-corrected chi connectivity index (χ0v) is 21.4. The summed E-state index contributed by atoms with van der Waals surface area (Å²) in [5, 5.41) is 2.94. The second-order valence-corrected chi connectivity index (χ2v) is 9.47. The molecule has 0 saturated heterocycles. The van der Waals surface area contributed by atoms with Gasteiger partial charge in [-0.05, 0) is 60.4 Å². The van der Waals surface area contributed by atoms with E-state index in [0.29, 0.717) is 27.6 Å². The van der Waals surface area contributed by atoms with E-state index in [-0.39, 0.29) is 25.0 Å². The van der Waals surface area contributed by atoms with Crippen molar-refractivity contribution in [3.63, 3.8) is 0 Å². The molecule has 36 heavy (non-hydrogen) atoms. The minimum Gasteiger partial charge on any atom is -0.485 e. The highest BCUT2D eigenvalue weighted by molar-refractivity contribution is 7.14. The summed E-state index contributed by atoms with van der Waals surface area (Å²) in [5.74, 6) is -0.220. The zero-order chi connectivity index (χ0) is 26.5.